The fraction of sp³-hybridized carbons (Fsp3) is 0.500. The molecule has 19 heavy (non-hydrogen) atoms. The van der Waals surface area contributed by atoms with Crippen molar-refractivity contribution in [3.05, 3.63) is 28.2 Å². The molecule has 0 fully saturated rings. The molecule has 6 nitrogen and oxygen atoms in total. The molecule has 0 saturated heterocycles. The summed E-state index contributed by atoms with van der Waals surface area (Å²) < 4.78 is 1.65. The maximum Gasteiger partial charge on any atom is 0.305 e. The first-order chi connectivity index (χ1) is 9.08. The van der Waals surface area contributed by atoms with Crippen molar-refractivity contribution in [2.45, 2.75) is 32.7 Å². The van der Waals surface area contributed by atoms with Crippen LogP contribution in [0.25, 0.3) is 0 Å². The van der Waals surface area contributed by atoms with Gasteiger partial charge in [0.25, 0.3) is 0 Å². The summed E-state index contributed by atoms with van der Waals surface area (Å²) >= 11 is 1.62. The molecule has 0 spiro atoms. The molecule has 1 atom stereocenters. The van der Waals surface area contributed by atoms with Crippen LogP contribution in [0.3, 0.4) is 0 Å². The van der Waals surface area contributed by atoms with Gasteiger partial charge in [-0.05, 0) is 38.7 Å². The first kappa shape index (κ1) is 13.7. The number of hydrogen-bond donors (Lipinski definition) is 1. The molecule has 0 saturated carbocycles. The van der Waals surface area contributed by atoms with Crippen molar-refractivity contribution in [3.8, 4) is 0 Å². The minimum absolute atomic E-state index is 0.0271. The van der Waals surface area contributed by atoms with Gasteiger partial charge in [0.1, 0.15) is 0 Å². The number of carboxylic acid groups (broad SMARTS) is 1. The number of hydrogen-bond acceptors (Lipinski definition) is 5. The normalized spacial score (nSPS) is 12.8. The topological polar surface area (TPSA) is 80.9 Å². The molecule has 0 aliphatic carbocycles. The van der Waals surface area contributed by atoms with Crippen LogP contribution in [0.1, 0.15) is 37.7 Å². The molecular formula is C12H16N4O2S. The van der Waals surface area contributed by atoms with Gasteiger partial charge in [-0.3, -0.25) is 4.79 Å². The second-order valence-corrected chi connectivity index (χ2v) is 5.54. The van der Waals surface area contributed by atoms with Crippen LogP contribution in [-0.4, -0.2) is 31.3 Å². The van der Waals surface area contributed by atoms with E-state index in [1.165, 1.54) is 0 Å². The van der Waals surface area contributed by atoms with E-state index in [0.29, 0.717) is 12.2 Å². The number of carboxylic acids is 1. The zero-order chi connectivity index (χ0) is 13.8. The first-order valence-corrected chi connectivity index (χ1v) is 7.01. The maximum atomic E-state index is 11.0. The summed E-state index contributed by atoms with van der Waals surface area (Å²) in [6.07, 6.45) is 0.651. The van der Waals surface area contributed by atoms with Crippen LogP contribution in [0.2, 0.25) is 0 Å². The summed E-state index contributed by atoms with van der Waals surface area (Å²) in [7, 11) is 0. The highest BCUT2D eigenvalue weighted by Crippen LogP contribution is 2.22. The molecule has 1 N–H and O–H groups in total. The Morgan fingerprint density at radius 2 is 2.32 bits per heavy atom. The van der Waals surface area contributed by atoms with E-state index in [2.05, 4.69) is 15.5 Å². The smallest absolute Gasteiger partial charge is 0.305 e. The average Bonchev–Trinajstić information content (AvgIpc) is 2.97. The van der Waals surface area contributed by atoms with Gasteiger partial charge >= 0.3 is 5.97 Å². The van der Waals surface area contributed by atoms with Crippen molar-refractivity contribution in [1.29, 1.82) is 0 Å². The van der Waals surface area contributed by atoms with Gasteiger partial charge in [0.2, 0.25) is 0 Å². The van der Waals surface area contributed by atoms with Gasteiger partial charge in [-0.1, -0.05) is 13.8 Å². The van der Waals surface area contributed by atoms with Crippen LogP contribution >= 0.6 is 11.3 Å². The maximum absolute atomic E-state index is 11.0. The second kappa shape index (κ2) is 5.92. The molecule has 1 unspecified atom stereocenters. The summed E-state index contributed by atoms with van der Waals surface area (Å²) in [6, 6.07) is 1.80. The second-order valence-electron chi connectivity index (χ2n) is 4.76. The third kappa shape index (κ3) is 3.37. The Morgan fingerprint density at radius 3 is 2.89 bits per heavy atom. The van der Waals surface area contributed by atoms with Crippen molar-refractivity contribution in [1.82, 2.24) is 20.2 Å². The van der Waals surface area contributed by atoms with E-state index in [0.717, 1.165) is 5.56 Å². The van der Waals surface area contributed by atoms with Crippen molar-refractivity contribution in [2.75, 3.05) is 0 Å². The van der Waals surface area contributed by atoms with E-state index in [1.807, 2.05) is 30.7 Å². The van der Waals surface area contributed by atoms with Gasteiger partial charge in [-0.2, -0.15) is 11.3 Å². The summed E-state index contributed by atoms with van der Waals surface area (Å²) in [5, 5.41) is 24.7. The highest BCUT2D eigenvalue weighted by atomic mass is 32.1. The molecule has 2 heterocycles. The molecular weight excluding hydrogens is 264 g/mol. The van der Waals surface area contributed by atoms with E-state index < -0.39 is 5.97 Å². The minimum atomic E-state index is -0.837. The summed E-state index contributed by atoms with van der Waals surface area (Å²) in [4.78, 5) is 11.0. The number of nitrogens with zero attached hydrogens (tertiary/aromatic N) is 4. The quantitative estimate of drug-likeness (QED) is 0.875. The zero-order valence-electron chi connectivity index (χ0n) is 10.9. The highest BCUT2D eigenvalue weighted by Gasteiger charge is 2.23. The third-order valence-corrected chi connectivity index (χ3v) is 3.70. The van der Waals surface area contributed by atoms with E-state index in [9.17, 15) is 4.79 Å². The number of rotatable bonds is 6. The summed E-state index contributed by atoms with van der Waals surface area (Å²) in [5.74, 6) is 0.0230. The monoisotopic (exact) mass is 280 g/mol. The number of thiophene rings is 1. The van der Waals surface area contributed by atoms with Gasteiger partial charge in [-0.15, -0.1) is 5.10 Å². The first-order valence-electron chi connectivity index (χ1n) is 6.07. The predicted molar refractivity (Wildman–Crippen MR) is 71.1 cm³/mol. The van der Waals surface area contributed by atoms with Gasteiger partial charge in [-0.25, -0.2) is 4.68 Å². The predicted octanol–water partition coefficient (Wildman–Crippen LogP) is 2.00. The minimum Gasteiger partial charge on any atom is -0.481 e. The summed E-state index contributed by atoms with van der Waals surface area (Å²) in [5.41, 5.74) is 1.14. The van der Waals surface area contributed by atoms with E-state index >= 15 is 0 Å². The number of carbonyl (C=O) groups is 1. The van der Waals surface area contributed by atoms with Gasteiger partial charge in [0.05, 0.1) is 12.5 Å². The van der Waals surface area contributed by atoms with E-state index in [1.54, 1.807) is 16.0 Å². The Bertz CT molecular complexity index is 536. The van der Waals surface area contributed by atoms with Gasteiger partial charge in [0.15, 0.2) is 5.82 Å². The van der Waals surface area contributed by atoms with Crippen molar-refractivity contribution >= 4 is 17.3 Å². The number of aliphatic carboxylic acids is 1. The average molecular weight is 280 g/mol. The van der Waals surface area contributed by atoms with E-state index in [4.69, 9.17) is 5.11 Å². The summed E-state index contributed by atoms with van der Waals surface area (Å²) in [6.45, 7) is 3.95. The lowest BCUT2D eigenvalue weighted by atomic mass is 10.0. The lowest BCUT2D eigenvalue weighted by molar-refractivity contribution is -0.138. The Balaban J connectivity index is 2.23. The molecule has 2 rings (SSSR count). The standard InChI is InChI=1S/C12H16N4O2S/c1-8(2)10(6-12(17)18)16-11(13-14-15-16)5-9-3-4-19-7-9/h3-4,7-8,10H,5-6H2,1-2H3,(H,17,18). The van der Waals surface area contributed by atoms with Crippen LogP contribution in [-0.2, 0) is 11.2 Å². The fourth-order valence-electron chi connectivity index (χ4n) is 1.95. The van der Waals surface area contributed by atoms with Crippen molar-refractivity contribution in [3.63, 3.8) is 0 Å². The Kier molecular flexibility index (Phi) is 4.26. The number of tetrazole rings is 1. The van der Waals surface area contributed by atoms with Crippen molar-refractivity contribution in [2.24, 2.45) is 5.92 Å². The molecule has 0 amide bonds. The Labute approximate surface area is 115 Å². The Hall–Kier alpha value is -1.76. The molecule has 0 aliphatic rings. The molecule has 102 valence electrons. The van der Waals surface area contributed by atoms with Crippen LogP contribution in [0.4, 0.5) is 0 Å². The molecule has 7 heteroatoms. The SMILES string of the molecule is CC(C)C(CC(=O)O)n1nnnc1Cc1ccsc1. The number of aromatic nitrogens is 4. The molecule has 2 aromatic heterocycles. The van der Waals surface area contributed by atoms with Crippen molar-refractivity contribution < 1.29 is 9.90 Å². The molecule has 2 aromatic rings. The van der Waals surface area contributed by atoms with E-state index in [-0.39, 0.29) is 18.4 Å². The Morgan fingerprint density at radius 1 is 1.53 bits per heavy atom. The van der Waals surface area contributed by atoms with Crippen LogP contribution < -0.4 is 0 Å². The van der Waals surface area contributed by atoms with Gasteiger partial charge in [0, 0.05) is 6.42 Å². The largest absolute Gasteiger partial charge is 0.481 e. The van der Waals surface area contributed by atoms with Crippen LogP contribution in [0, 0.1) is 5.92 Å². The zero-order valence-corrected chi connectivity index (χ0v) is 11.7. The molecule has 0 bridgehead atoms. The van der Waals surface area contributed by atoms with Crippen LogP contribution in [0.15, 0.2) is 16.8 Å². The fourth-order valence-corrected chi connectivity index (χ4v) is 2.61. The van der Waals surface area contributed by atoms with Gasteiger partial charge < -0.3 is 5.11 Å². The highest BCUT2D eigenvalue weighted by molar-refractivity contribution is 7.07. The molecule has 0 aromatic carbocycles. The lowest BCUT2D eigenvalue weighted by Gasteiger charge is -2.19. The molecule has 0 radical (unpaired) electrons. The molecule has 0 aliphatic heterocycles. The third-order valence-electron chi connectivity index (χ3n) is 2.97. The van der Waals surface area contributed by atoms with Crippen LogP contribution in [0.5, 0.6) is 0 Å². The lowest BCUT2D eigenvalue weighted by Crippen LogP contribution is -2.22.